The SMILES string of the molecule is O=C1CN(C(=O)COC(=O)CN2CCSC2=O)c2ccccc2N1. The van der Waals surface area contributed by atoms with Crippen LogP contribution in [0.3, 0.4) is 0 Å². The van der Waals surface area contributed by atoms with Gasteiger partial charge in [0, 0.05) is 12.3 Å². The Balaban J connectivity index is 1.58. The number of carbonyl (C=O) groups excluding carboxylic acids is 4. The van der Waals surface area contributed by atoms with E-state index in [1.165, 1.54) is 9.80 Å². The van der Waals surface area contributed by atoms with E-state index < -0.39 is 18.5 Å². The van der Waals surface area contributed by atoms with Crippen molar-refractivity contribution in [2.45, 2.75) is 0 Å². The summed E-state index contributed by atoms with van der Waals surface area (Å²) in [5, 5.41) is 2.51. The summed E-state index contributed by atoms with van der Waals surface area (Å²) in [6.07, 6.45) is 0. The maximum absolute atomic E-state index is 12.3. The Bertz CT molecular complexity index is 708. The Morgan fingerprint density at radius 1 is 1.25 bits per heavy atom. The molecule has 8 nitrogen and oxygen atoms in total. The van der Waals surface area contributed by atoms with E-state index in [9.17, 15) is 19.2 Å². The number of carbonyl (C=O) groups is 4. The highest BCUT2D eigenvalue weighted by Crippen LogP contribution is 2.28. The number of para-hydroxylation sites is 2. The van der Waals surface area contributed by atoms with Crippen molar-refractivity contribution in [1.82, 2.24) is 4.90 Å². The summed E-state index contributed by atoms with van der Waals surface area (Å²) in [7, 11) is 0. The minimum Gasteiger partial charge on any atom is -0.454 e. The number of hydrogen-bond acceptors (Lipinski definition) is 6. The predicted molar refractivity (Wildman–Crippen MR) is 87.8 cm³/mol. The third kappa shape index (κ3) is 3.51. The maximum Gasteiger partial charge on any atom is 0.326 e. The third-order valence-electron chi connectivity index (χ3n) is 3.59. The van der Waals surface area contributed by atoms with Crippen LogP contribution in [0.5, 0.6) is 0 Å². The summed E-state index contributed by atoms with van der Waals surface area (Å²) in [4.78, 5) is 49.8. The Hall–Kier alpha value is -2.55. The van der Waals surface area contributed by atoms with Gasteiger partial charge < -0.3 is 15.0 Å². The number of hydrogen-bond donors (Lipinski definition) is 1. The van der Waals surface area contributed by atoms with Crippen molar-refractivity contribution in [3.05, 3.63) is 24.3 Å². The van der Waals surface area contributed by atoms with Crippen LogP contribution in [0.1, 0.15) is 0 Å². The minimum atomic E-state index is -0.644. The normalized spacial score (nSPS) is 16.7. The third-order valence-corrected chi connectivity index (χ3v) is 4.49. The van der Waals surface area contributed by atoms with Gasteiger partial charge in [0.15, 0.2) is 6.61 Å². The second-order valence-corrected chi connectivity index (χ2v) is 6.29. The van der Waals surface area contributed by atoms with Gasteiger partial charge in [-0.25, -0.2) is 0 Å². The molecule has 0 spiro atoms. The molecule has 2 aliphatic heterocycles. The number of ether oxygens (including phenoxy) is 1. The standard InChI is InChI=1S/C15H15N3O5S/c19-12-7-18(11-4-2-1-3-10(11)16-12)13(20)9-23-14(21)8-17-5-6-24-15(17)22/h1-4H,5-9H2,(H,16,19). The van der Waals surface area contributed by atoms with Crippen LogP contribution in [0.2, 0.25) is 0 Å². The first-order chi connectivity index (χ1) is 11.5. The van der Waals surface area contributed by atoms with E-state index >= 15 is 0 Å². The number of benzene rings is 1. The molecule has 2 heterocycles. The van der Waals surface area contributed by atoms with Gasteiger partial charge in [-0.1, -0.05) is 23.9 Å². The summed E-state index contributed by atoms with van der Waals surface area (Å²) in [5.41, 5.74) is 1.09. The number of nitrogens with zero attached hydrogens (tertiary/aromatic N) is 2. The summed E-state index contributed by atoms with van der Waals surface area (Å²) in [6.45, 7) is -0.285. The average Bonchev–Trinajstić information content (AvgIpc) is 2.96. The molecular weight excluding hydrogens is 334 g/mol. The molecule has 1 aromatic rings. The van der Waals surface area contributed by atoms with Gasteiger partial charge in [-0.3, -0.25) is 24.1 Å². The number of rotatable bonds is 4. The smallest absolute Gasteiger partial charge is 0.326 e. The lowest BCUT2D eigenvalue weighted by atomic mass is 10.2. The van der Waals surface area contributed by atoms with Gasteiger partial charge >= 0.3 is 5.97 Å². The van der Waals surface area contributed by atoms with Gasteiger partial charge in [0.25, 0.3) is 11.1 Å². The lowest BCUT2D eigenvalue weighted by Crippen LogP contribution is -2.44. The maximum atomic E-state index is 12.3. The van der Waals surface area contributed by atoms with Crippen molar-refractivity contribution in [1.29, 1.82) is 0 Å². The zero-order chi connectivity index (χ0) is 17.1. The molecule has 0 unspecified atom stereocenters. The summed E-state index contributed by atoms with van der Waals surface area (Å²) in [6, 6.07) is 6.89. The Kier molecular flexibility index (Phi) is 4.70. The molecule has 0 aromatic heterocycles. The number of fused-ring (bicyclic) bond motifs is 1. The summed E-state index contributed by atoms with van der Waals surface area (Å²) >= 11 is 1.15. The van der Waals surface area contributed by atoms with Crippen LogP contribution >= 0.6 is 11.8 Å². The van der Waals surface area contributed by atoms with Crippen molar-refractivity contribution in [2.24, 2.45) is 0 Å². The quantitative estimate of drug-likeness (QED) is 0.803. The molecular formula is C15H15N3O5S. The van der Waals surface area contributed by atoms with Gasteiger partial charge in [0.05, 0.1) is 11.4 Å². The van der Waals surface area contributed by atoms with E-state index in [2.05, 4.69) is 5.32 Å². The van der Waals surface area contributed by atoms with E-state index in [1.807, 2.05) is 0 Å². The molecule has 126 valence electrons. The van der Waals surface area contributed by atoms with Crippen LogP contribution in [-0.2, 0) is 19.1 Å². The molecule has 9 heteroatoms. The molecule has 0 bridgehead atoms. The number of amides is 3. The molecule has 1 saturated heterocycles. The molecule has 0 radical (unpaired) electrons. The summed E-state index contributed by atoms with van der Waals surface area (Å²) in [5.74, 6) is -0.806. The largest absolute Gasteiger partial charge is 0.454 e. The fourth-order valence-corrected chi connectivity index (χ4v) is 3.27. The van der Waals surface area contributed by atoms with E-state index in [4.69, 9.17) is 4.74 Å². The first kappa shape index (κ1) is 16.3. The zero-order valence-electron chi connectivity index (χ0n) is 12.7. The fraction of sp³-hybridized carbons (Fsp3) is 0.333. The van der Waals surface area contributed by atoms with Crippen LogP contribution in [0.4, 0.5) is 16.2 Å². The van der Waals surface area contributed by atoms with Gasteiger partial charge in [-0.2, -0.15) is 0 Å². The highest BCUT2D eigenvalue weighted by Gasteiger charge is 2.28. The van der Waals surface area contributed by atoms with E-state index in [0.717, 1.165) is 11.8 Å². The van der Waals surface area contributed by atoms with Crippen molar-refractivity contribution in [3.63, 3.8) is 0 Å². The van der Waals surface area contributed by atoms with Crippen molar-refractivity contribution in [3.8, 4) is 0 Å². The Labute approximate surface area is 142 Å². The molecule has 3 amide bonds. The van der Waals surface area contributed by atoms with Crippen LogP contribution in [-0.4, -0.2) is 59.9 Å². The van der Waals surface area contributed by atoms with Crippen LogP contribution in [0.25, 0.3) is 0 Å². The van der Waals surface area contributed by atoms with Gasteiger partial charge in [0.1, 0.15) is 13.1 Å². The predicted octanol–water partition coefficient (Wildman–Crippen LogP) is 0.684. The average molecular weight is 349 g/mol. The minimum absolute atomic E-state index is 0.130. The zero-order valence-corrected chi connectivity index (χ0v) is 13.5. The van der Waals surface area contributed by atoms with E-state index in [1.54, 1.807) is 24.3 Å². The lowest BCUT2D eigenvalue weighted by Gasteiger charge is -2.28. The molecule has 2 aliphatic rings. The molecule has 0 saturated carbocycles. The Morgan fingerprint density at radius 3 is 2.79 bits per heavy atom. The van der Waals surface area contributed by atoms with Gasteiger partial charge in [-0.15, -0.1) is 0 Å². The van der Waals surface area contributed by atoms with Crippen molar-refractivity contribution < 1.29 is 23.9 Å². The van der Waals surface area contributed by atoms with E-state index in [0.29, 0.717) is 23.7 Å². The molecule has 1 fully saturated rings. The molecule has 1 N–H and O–H groups in total. The molecule has 1 aromatic carbocycles. The van der Waals surface area contributed by atoms with E-state index in [-0.39, 0.29) is 24.2 Å². The highest BCUT2D eigenvalue weighted by molar-refractivity contribution is 8.13. The topological polar surface area (TPSA) is 96.0 Å². The molecule has 3 rings (SSSR count). The first-order valence-electron chi connectivity index (χ1n) is 7.31. The highest BCUT2D eigenvalue weighted by atomic mass is 32.2. The molecule has 24 heavy (non-hydrogen) atoms. The first-order valence-corrected chi connectivity index (χ1v) is 8.30. The fourth-order valence-electron chi connectivity index (χ4n) is 2.45. The Morgan fingerprint density at radius 2 is 2.04 bits per heavy atom. The van der Waals surface area contributed by atoms with Crippen molar-refractivity contribution in [2.75, 3.05) is 42.2 Å². The number of esters is 1. The summed E-state index contributed by atoms with van der Waals surface area (Å²) < 4.78 is 4.95. The second kappa shape index (κ2) is 6.91. The second-order valence-electron chi connectivity index (χ2n) is 5.24. The number of anilines is 2. The van der Waals surface area contributed by atoms with Crippen LogP contribution in [0.15, 0.2) is 24.3 Å². The van der Waals surface area contributed by atoms with Gasteiger partial charge in [0.2, 0.25) is 5.91 Å². The van der Waals surface area contributed by atoms with Crippen LogP contribution in [0, 0.1) is 0 Å². The van der Waals surface area contributed by atoms with Crippen LogP contribution < -0.4 is 10.2 Å². The van der Waals surface area contributed by atoms with Crippen molar-refractivity contribution >= 4 is 46.2 Å². The van der Waals surface area contributed by atoms with Gasteiger partial charge in [-0.05, 0) is 12.1 Å². The molecule has 0 aliphatic carbocycles. The number of nitrogens with one attached hydrogen (secondary N) is 1. The number of thioether (sulfide) groups is 1. The lowest BCUT2D eigenvalue weighted by molar-refractivity contribution is -0.148. The molecule has 0 atom stereocenters. The monoisotopic (exact) mass is 349 g/mol.